The molecule has 8 heteroatoms. The number of carboxylic acid groups (broad SMARTS) is 1. The second kappa shape index (κ2) is 23.5. The van der Waals surface area contributed by atoms with E-state index in [9.17, 15) is 19.6 Å². The number of carboxylic acids is 1. The van der Waals surface area contributed by atoms with Crippen LogP contribution in [0.3, 0.4) is 0 Å². The van der Waals surface area contributed by atoms with Gasteiger partial charge in [0.15, 0.2) is 0 Å². The van der Waals surface area contributed by atoms with Crippen LogP contribution in [0.15, 0.2) is 0 Å². The highest BCUT2D eigenvalue weighted by Crippen LogP contribution is 2.38. The lowest BCUT2D eigenvalue weighted by Gasteiger charge is -2.30. The molecule has 0 aromatic rings. The summed E-state index contributed by atoms with van der Waals surface area (Å²) in [6, 6.07) is 0. The highest BCUT2D eigenvalue weighted by Gasteiger charge is 2.45. The van der Waals surface area contributed by atoms with Gasteiger partial charge in [0.05, 0.1) is 12.7 Å². The van der Waals surface area contributed by atoms with E-state index in [1.165, 1.54) is 114 Å². The quantitative estimate of drug-likeness (QED) is 0.0474. The molecule has 5 atom stereocenters. The van der Waals surface area contributed by atoms with Crippen LogP contribution in [0.1, 0.15) is 143 Å². The third-order valence-corrected chi connectivity index (χ3v) is 10.7. The lowest BCUT2D eigenvalue weighted by molar-refractivity contribution is -0.157. The number of unbranched alkanes of at least 4 members (excludes halogenated alkanes) is 9. The van der Waals surface area contributed by atoms with Crippen molar-refractivity contribution in [3.8, 4) is 0 Å². The largest absolute Gasteiger partial charge is 0.479 e. The van der Waals surface area contributed by atoms with Gasteiger partial charge in [-0.15, -0.1) is 11.8 Å². The van der Waals surface area contributed by atoms with Crippen molar-refractivity contribution in [2.75, 3.05) is 19.0 Å². The Bertz CT molecular complexity index is 616. The van der Waals surface area contributed by atoms with E-state index in [0.717, 1.165) is 25.2 Å². The van der Waals surface area contributed by atoms with E-state index in [0.29, 0.717) is 18.3 Å². The van der Waals surface area contributed by atoms with Crippen molar-refractivity contribution in [2.45, 2.75) is 160 Å². The third-order valence-electron chi connectivity index (χ3n) is 8.27. The molecule has 2 N–H and O–H groups in total. The Hall–Kier alpha value is -0.0700. The molecule has 0 bridgehead atoms. The molecule has 39 heavy (non-hydrogen) atoms. The average molecular weight is 593 g/mol. The fraction of sp³-hybridized carbons (Fsp3) is 0.968. The zero-order valence-electron chi connectivity index (χ0n) is 25.4. The molecule has 0 aliphatic heterocycles. The number of aliphatic carboxylic acids is 1. The van der Waals surface area contributed by atoms with Crippen LogP contribution in [-0.2, 0) is 18.8 Å². The monoisotopic (exact) mass is 592 g/mol. The number of hydrogen-bond acceptors (Lipinski definition) is 6. The highest BCUT2D eigenvalue weighted by molar-refractivity contribution is 8.00. The molecule has 0 radical (unpaired) electrons. The first-order valence-corrected chi connectivity index (χ1v) is 18.3. The van der Waals surface area contributed by atoms with Gasteiger partial charge in [0.1, 0.15) is 13.9 Å². The second-order valence-electron chi connectivity index (χ2n) is 11.7. The van der Waals surface area contributed by atoms with Gasteiger partial charge in [0.25, 0.3) is 0 Å². The van der Waals surface area contributed by atoms with Crippen molar-refractivity contribution < 1.29 is 29.0 Å². The molecular formula is C31H61O6PS. The van der Waals surface area contributed by atoms with Crippen molar-refractivity contribution in [1.82, 2.24) is 0 Å². The van der Waals surface area contributed by atoms with Gasteiger partial charge in [-0.05, 0) is 37.4 Å². The summed E-state index contributed by atoms with van der Waals surface area (Å²) in [6.07, 6.45) is 23.4. The Kier molecular flexibility index (Phi) is 22.3. The van der Waals surface area contributed by atoms with Gasteiger partial charge in [0.2, 0.25) is 5.34 Å². The predicted molar refractivity (Wildman–Crippen MR) is 167 cm³/mol. The first-order chi connectivity index (χ1) is 18.9. The van der Waals surface area contributed by atoms with Gasteiger partial charge in [-0.25, -0.2) is 4.79 Å². The van der Waals surface area contributed by atoms with Gasteiger partial charge in [-0.1, -0.05) is 123 Å². The molecule has 1 aliphatic carbocycles. The average Bonchev–Trinajstić information content (AvgIpc) is 3.22. The molecule has 1 rings (SSSR count). The first-order valence-electron chi connectivity index (χ1n) is 16.2. The number of hydrogen-bond donors (Lipinski definition) is 2. The Balaban J connectivity index is 2.56. The fourth-order valence-electron chi connectivity index (χ4n) is 5.68. The van der Waals surface area contributed by atoms with Crippen molar-refractivity contribution >= 4 is 26.2 Å². The van der Waals surface area contributed by atoms with Crippen molar-refractivity contribution in [3.63, 3.8) is 0 Å². The van der Waals surface area contributed by atoms with Crippen molar-refractivity contribution in [1.29, 1.82) is 0 Å². The zero-order valence-corrected chi connectivity index (χ0v) is 27.3. The minimum absolute atomic E-state index is 0.173. The summed E-state index contributed by atoms with van der Waals surface area (Å²) in [7, 11) is -1.96. The molecule has 0 spiro atoms. The highest BCUT2D eigenvalue weighted by atomic mass is 32.2. The van der Waals surface area contributed by atoms with Gasteiger partial charge in [-0.2, -0.15) is 0 Å². The summed E-state index contributed by atoms with van der Waals surface area (Å²) < 4.78 is 23.7. The molecule has 5 unspecified atom stereocenters. The van der Waals surface area contributed by atoms with Crippen LogP contribution in [0, 0.1) is 11.8 Å². The predicted octanol–water partition coefficient (Wildman–Crippen LogP) is 8.69. The van der Waals surface area contributed by atoms with Crippen LogP contribution in [0.25, 0.3) is 0 Å². The number of thioether (sulfide) groups is 1. The summed E-state index contributed by atoms with van der Waals surface area (Å²) in [5.41, 5.74) is -1.07. The lowest BCUT2D eigenvalue weighted by Crippen LogP contribution is -2.45. The summed E-state index contributed by atoms with van der Waals surface area (Å²) >= 11 is 1.32. The molecule has 1 aliphatic rings. The molecular weight excluding hydrogens is 531 g/mol. The molecule has 6 nitrogen and oxygen atoms in total. The summed E-state index contributed by atoms with van der Waals surface area (Å²) in [5.74, 6) is 0.577. The van der Waals surface area contributed by atoms with Gasteiger partial charge in [0, 0.05) is 6.61 Å². The minimum atomic E-state index is -2.36. The first kappa shape index (κ1) is 37.0. The Morgan fingerprint density at radius 2 is 1.49 bits per heavy atom. The zero-order chi connectivity index (χ0) is 28.8. The molecule has 0 aromatic heterocycles. The number of ether oxygens (including phenoxy) is 2. The van der Waals surface area contributed by atoms with Crippen molar-refractivity contribution in [3.05, 3.63) is 0 Å². The molecule has 0 aromatic carbocycles. The summed E-state index contributed by atoms with van der Waals surface area (Å²) in [4.78, 5) is 11.9. The second-order valence-corrected chi connectivity index (χ2v) is 14.0. The maximum atomic E-state index is 11.9. The summed E-state index contributed by atoms with van der Waals surface area (Å²) in [6.45, 7) is 7.19. The molecule has 1 saturated carbocycles. The molecule has 0 amide bonds. The van der Waals surface area contributed by atoms with Crippen LogP contribution < -0.4 is 0 Å². The SMILES string of the molecule is CCCCCCCCCCOC(C)COC(SCCC(CCCCC)C1CCCCCC1)C(O)([PH2]=O)C(=O)O. The van der Waals surface area contributed by atoms with Gasteiger partial charge < -0.3 is 24.3 Å². The number of aliphatic hydroxyl groups is 1. The van der Waals surface area contributed by atoms with E-state index < -0.39 is 25.2 Å². The molecule has 232 valence electrons. The van der Waals surface area contributed by atoms with Crippen molar-refractivity contribution in [2.24, 2.45) is 11.8 Å². The van der Waals surface area contributed by atoms with E-state index in [1.807, 2.05) is 6.92 Å². The minimum Gasteiger partial charge on any atom is -0.479 e. The van der Waals surface area contributed by atoms with E-state index in [4.69, 9.17) is 9.47 Å². The van der Waals surface area contributed by atoms with E-state index in [-0.39, 0.29) is 12.7 Å². The van der Waals surface area contributed by atoms with Crippen LogP contribution >= 0.6 is 20.2 Å². The standard InChI is InChI=1S/C31H61O6PS/c1-4-6-8-9-10-11-14-18-23-36-26(3)25-37-30(31(34,38-35)29(32)33)39-24-22-28(19-15-7-5-2)27-20-16-12-13-17-21-27/h26-28,30,34H,4-25,38H2,1-3H3,(H,32,33). The lowest BCUT2D eigenvalue weighted by atomic mass is 9.81. The molecule has 0 heterocycles. The Morgan fingerprint density at radius 1 is 0.897 bits per heavy atom. The number of rotatable bonds is 25. The van der Waals surface area contributed by atoms with E-state index in [1.54, 1.807) is 0 Å². The van der Waals surface area contributed by atoms with Crippen LogP contribution in [0.5, 0.6) is 0 Å². The normalized spacial score (nSPS) is 19.1. The van der Waals surface area contributed by atoms with Gasteiger partial charge >= 0.3 is 5.97 Å². The third kappa shape index (κ3) is 16.2. The van der Waals surface area contributed by atoms with Crippen LogP contribution in [-0.4, -0.2) is 52.0 Å². The van der Waals surface area contributed by atoms with Crippen LogP contribution in [0.4, 0.5) is 0 Å². The maximum Gasteiger partial charge on any atom is 0.346 e. The summed E-state index contributed by atoms with van der Waals surface area (Å²) in [5, 5.41) is 18.1. The van der Waals surface area contributed by atoms with Crippen LogP contribution in [0.2, 0.25) is 0 Å². The number of carbonyl (C=O) groups is 1. The van der Waals surface area contributed by atoms with E-state index >= 15 is 0 Å². The maximum absolute atomic E-state index is 11.9. The van der Waals surface area contributed by atoms with Gasteiger partial charge in [-0.3, -0.25) is 0 Å². The molecule has 0 saturated heterocycles. The Labute approximate surface area is 245 Å². The smallest absolute Gasteiger partial charge is 0.346 e. The Morgan fingerprint density at radius 3 is 2.08 bits per heavy atom. The molecule has 1 fully saturated rings. The van der Waals surface area contributed by atoms with E-state index in [2.05, 4.69) is 13.8 Å². The topological polar surface area (TPSA) is 93.1 Å². The fourth-order valence-corrected chi connectivity index (χ4v) is 7.63.